The van der Waals surface area contributed by atoms with Crippen LogP contribution in [0.5, 0.6) is 0 Å². The van der Waals surface area contributed by atoms with Crippen molar-refractivity contribution >= 4 is 11.9 Å². The Kier molecular flexibility index (Phi) is 3.71. The van der Waals surface area contributed by atoms with Crippen molar-refractivity contribution in [2.45, 2.75) is 32.6 Å². The first kappa shape index (κ1) is 13.9. The van der Waals surface area contributed by atoms with Gasteiger partial charge in [-0.05, 0) is 25.7 Å². The van der Waals surface area contributed by atoms with Crippen molar-refractivity contribution in [1.82, 2.24) is 4.90 Å². The molecule has 0 spiro atoms. The summed E-state index contributed by atoms with van der Waals surface area (Å²) < 4.78 is 10.6. The Morgan fingerprint density at radius 3 is 2.60 bits per heavy atom. The Labute approximate surface area is 119 Å². The number of hydrogen-bond acceptors (Lipinski definition) is 4. The second-order valence-corrected chi connectivity index (χ2v) is 6.81. The number of carbonyl (C=O) groups is 2. The molecular weight excluding hydrogens is 258 g/mol. The van der Waals surface area contributed by atoms with Crippen LogP contribution in [0, 0.1) is 17.3 Å². The molecule has 3 fully saturated rings. The van der Waals surface area contributed by atoms with Crippen LogP contribution in [0.1, 0.15) is 32.6 Å². The third-order valence-electron chi connectivity index (χ3n) is 4.46. The Morgan fingerprint density at radius 1 is 1.25 bits per heavy atom. The van der Waals surface area contributed by atoms with E-state index in [1.54, 1.807) is 0 Å². The van der Waals surface area contributed by atoms with Crippen molar-refractivity contribution in [3.05, 3.63) is 0 Å². The van der Waals surface area contributed by atoms with Gasteiger partial charge >= 0.3 is 5.97 Å². The van der Waals surface area contributed by atoms with Gasteiger partial charge in [-0.25, -0.2) is 0 Å². The standard InChI is InChI=1S/C15H23NO4/c1-15(8-19-9-15)10-20-14(18)12-3-2-6-16(7-12)13(17)11-4-5-11/h11-12H,2-10H2,1H3. The predicted octanol–water partition coefficient (Wildman–Crippen LogP) is 1.21. The fourth-order valence-electron chi connectivity index (χ4n) is 2.86. The topological polar surface area (TPSA) is 55.8 Å². The number of likely N-dealkylation sites (tertiary alicyclic amines) is 1. The molecule has 1 saturated carbocycles. The van der Waals surface area contributed by atoms with Gasteiger partial charge in [0.15, 0.2) is 0 Å². The lowest BCUT2D eigenvalue weighted by Gasteiger charge is -2.38. The van der Waals surface area contributed by atoms with E-state index < -0.39 is 0 Å². The minimum atomic E-state index is -0.147. The van der Waals surface area contributed by atoms with Gasteiger partial charge in [-0.2, -0.15) is 0 Å². The average molecular weight is 281 g/mol. The van der Waals surface area contributed by atoms with Crippen LogP contribution in [-0.2, 0) is 19.1 Å². The first-order chi connectivity index (χ1) is 9.57. The number of piperidine rings is 1. The summed E-state index contributed by atoms with van der Waals surface area (Å²) in [6.07, 6.45) is 3.77. The molecule has 2 saturated heterocycles. The summed E-state index contributed by atoms with van der Waals surface area (Å²) in [6.45, 7) is 5.16. The Hall–Kier alpha value is -1.10. The summed E-state index contributed by atoms with van der Waals surface area (Å²) >= 11 is 0. The first-order valence-corrected chi connectivity index (χ1v) is 7.61. The van der Waals surface area contributed by atoms with Gasteiger partial charge in [0, 0.05) is 24.4 Å². The van der Waals surface area contributed by atoms with Crippen LogP contribution in [0.4, 0.5) is 0 Å². The Morgan fingerprint density at radius 2 is 2.00 bits per heavy atom. The van der Waals surface area contributed by atoms with Gasteiger partial charge in [0.1, 0.15) is 6.61 Å². The molecule has 112 valence electrons. The van der Waals surface area contributed by atoms with Gasteiger partial charge < -0.3 is 14.4 Å². The highest BCUT2D eigenvalue weighted by molar-refractivity contribution is 5.82. The van der Waals surface area contributed by atoms with Crippen LogP contribution in [-0.4, -0.2) is 49.7 Å². The van der Waals surface area contributed by atoms with E-state index in [1.807, 2.05) is 4.90 Å². The van der Waals surface area contributed by atoms with E-state index in [0.717, 1.165) is 32.2 Å². The lowest BCUT2D eigenvalue weighted by Crippen LogP contribution is -2.46. The minimum absolute atomic E-state index is 0.00611. The van der Waals surface area contributed by atoms with Crippen LogP contribution in [0.3, 0.4) is 0 Å². The van der Waals surface area contributed by atoms with Gasteiger partial charge in [-0.15, -0.1) is 0 Å². The van der Waals surface area contributed by atoms with Gasteiger partial charge in [0.2, 0.25) is 5.91 Å². The molecule has 0 aromatic carbocycles. The molecule has 0 radical (unpaired) electrons. The van der Waals surface area contributed by atoms with Crippen molar-refractivity contribution in [1.29, 1.82) is 0 Å². The molecule has 1 unspecified atom stereocenters. The molecule has 3 rings (SSSR count). The van der Waals surface area contributed by atoms with Crippen LogP contribution < -0.4 is 0 Å². The second-order valence-electron chi connectivity index (χ2n) is 6.81. The maximum atomic E-state index is 12.1. The van der Waals surface area contributed by atoms with Gasteiger partial charge in [0.25, 0.3) is 0 Å². The predicted molar refractivity (Wildman–Crippen MR) is 71.9 cm³/mol. The van der Waals surface area contributed by atoms with E-state index in [1.165, 1.54) is 0 Å². The molecule has 1 atom stereocenters. The maximum absolute atomic E-state index is 12.1. The van der Waals surface area contributed by atoms with Crippen LogP contribution in [0.25, 0.3) is 0 Å². The fourth-order valence-corrected chi connectivity index (χ4v) is 2.86. The third kappa shape index (κ3) is 2.97. The SMILES string of the molecule is CC1(COC(=O)C2CCCN(C(=O)C3CC3)C2)COC1. The van der Waals surface area contributed by atoms with Crippen LogP contribution >= 0.6 is 0 Å². The average Bonchev–Trinajstić information content (AvgIpc) is 3.26. The van der Waals surface area contributed by atoms with E-state index in [9.17, 15) is 9.59 Å². The molecule has 3 aliphatic rings. The first-order valence-electron chi connectivity index (χ1n) is 7.61. The molecule has 1 amide bonds. The maximum Gasteiger partial charge on any atom is 0.310 e. The van der Waals surface area contributed by atoms with Crippen molar-refractivity contribution in [3.63, 3.8) is 0 Å². The zero-order chi connectivity index (χ0) is 14.2. The second kappa shape index (κ2) is 5.35. The molecule has 1 aliphatic carbocycles. The summed E-state index contributed by atoms with van der Waals surface area (Å²) in [5, 5.41) is 0. The zero-order valence-corrected chi connectivity index (χ0v) is 12.1. The summed E-state index contributed by atoms with van der Waals surface area (Å²) in [4.78, 5) is 26.1. The summed E-state index contributed by atoms with van der Waals surface area (Å²) in [7, 11) is 0. The lowest BCUT2D eigenvalue weighted by atomic mass is 9.90. The molecule has 0 N–H and O–H groups in total. The molecule has 0 bridgehead atoms. The highest BCUT2D eigenvalue weighted by atomic mass is 16.5. The number of amides is 1. The number of rotatable bonds is 4. The highest BCUT2D eigenvalue weighted by Crippen LogP contribution is 2.33. The number of carbonyl (C=O) groups excluding carboxylic acids is 2. The monoisotopic (exact) mass is 281 g/mol. The van der Waals surface area contributed by atoms with E-state index in [4.69, 9.17) is 9.47 Å². The fraction of sp³-hybridized carbons (Fsp3) is 0.867. The van der Waals surface area contributed by atoms with E-state index in [2.05, 4.69) is 6.92 Å². The number of nitrogens with zero attached hydrogens (tertiary/aromatic N) is 1. The minimum Gasteiger partial charge on any atom is -0.465 e. The van der Waals surface area contributed by atoms with E-state index >= 15 is 0 Å². The van der Waals surface area contributed by atoms with Crippen molar-refractivity contribution in [2.24, 2.45) is 17.3 Å². The number of hydrogen-bond donors (Lipinski definition) is 0. The van der Waals surface area contributed by atoms with Gasteiger partial charge in [0.05, 0.1) is 19.1 Å². The largest absolute Gasteiger partial charge is 0.465 e. The van der Waals surface area contributed by atoms with Crippen molar-refractivity contribution in [2.75, 3.05) is 32.9 Å². The Balaban J connectivity index is 1.48. The highest BCUT2D eigenvalue weighted by Gasteiger charge is 2.39. The van der Waals surface area contributed by atoms with Crippen molar-refractivity contribution < 1.29 is 19.1 Å². The third-order valence-corrected chi connectivity index (χ3v) is 4.46. The molecule has 2 aliphatic heterocycles. The van der Waals surface area contributed by atoms with Crippen LogP contribution in [0.2, 0.25) is 0 Å². The summed E-state index contributed by atoms with van der Waals surface area (Å²) in [6, 6.07) is 0. The molecule has 2 heterocycles. The molecule has 0 aromatic heterocycles. The molecular formula is C15H23NO4. The number of ether oxygens (including phenoxy) is 2. The van der Waals surface area contributed by atoms with Gasteiger partial charge in [-0.1, -0.05) is 6.92 Å². The normalized spacial score (nSPS) is 28.6. The van der Waals surface area contributed by atoms with E-state index in [0.29, 0.717) is 26.4 Å². The smallest absolute Gasteiger partial charge is 0.310 e. The Bertz CT molecular complexity index is 401. The van der Waals surface area contributed by atoms with Crippen LogP contribution in [0.15, 0.2) is 0 Å². The quantitative estimate of drug-likeness (QED) is 0.727. The molecule has 5 heteroatoms. The van der Waals surface area contributed by atoms with E-state index in [-0.39, 0.29) is 29.1 Å². The molecule has 0 aromatic rings. The lowest BCUT2D eigenvalue weighted by molar-refractivity contribution is -0.170. The van der Waals surface area contributed by atoms with Crippen molar-refractivity contribution in [3.8, 4) is 0 Å². The summed E-state index contributed by atoms with van der Waals surface area (Å²) in [5.74, 6) is 0.181. The molecule has 20 heavy (non-hydrogen) atoms. The zero-order valence-electron chi connectivity index (χ0n) is 12.1. The molecule has 5 nitrogen and oxygen atoms in total. The number of esters is 1. The summed E-state index contributed by atoms with van der Waals surface area (Å²) in [5.41, 5.74) is -0.00611. The van der Waals surface area contributed by atoms with Gasteiger partial charge in [-0.3, -0.25) is 9.59 Å².